The molecular formula is C24H19N3O3S. The molecule has 0 saturated heterocycles. The molecule has 2 N–H and O–H groups in total. The molecule has 2 aromatic carbocycles. The number of anilines is 2. The lowest BCUT2D eigenvalue weighted by Gasteiger charge is -2.09. The average Bonchev–Trinajstić information content (AvgIpc) is 3.25. The minimum atomic E-state index is -0.276. The first-order chi connectivity index (χ1) is 15.1. The normalized spacial score (nSPS) is 10.4. The molecule has 0 bridgehead atoms. The smallest absolute Gasteiger partial charge is 0.269 e. The highest BCUT2D eigenvalue weighted by atomic mass is 32.1. The molecule has 2 heterocycles. The third kappa shape index (κ3) is 4.79. The molecule has 0 spiro atoms. The van der Waals surface area contributed by atoms with E-state index in [1.54, 1.807) is 55.9 Å². The van der Waals surface area contributed by atoms with Crippen LogP contribution in [0.1, 0.15) is 20.0 Å². The second-order valence-electron chi connectivity index (χ2n) is 6.60. The summed E-state index contributed by atoms with van der Waals surface area (Å²) in [6.07, 6.45) is 3.12. The number of rotatable bonds is 6. The van der Waals surface area contributed by atoms with Gasteiger partial charge in [-0.1, -0.05) is 36.4 Å². The average molecular weight is 430 g/mol. The lowest BCUT2D eigenvalue weighted by atomic mass is 10.2. The molecule has 0 atom stereocenters. The third-order valence-electron chi connectivity index (χ3n) is 4.50. The highest BCUT2D eigenvalue weighted by molar-refractivity contribution is 7.17. The number of amides is 2. The molecule has 0 saturated carbocycles. The zero-order valence-electron chi connectivity index (χ0n) is 16.7. The van der Waals surface area contributed by atoms with E-state index in [1.807, 2.05) is 36.4 Å². The zero-order valence-corrected chi connectivity index (χ0v) is 17.5. The summed E-state index contributed by atoms with van der Waals surface area (Å²) in [5.41, 5.74) is 2.66. The van der Waals surface area contributed by atoms with Gasteiger partial charge in [-0.15, -0.1) is 11.3 Å². The predicted molar refractivity (Wildman–Crippen MR) is 123 cm³/mol. The Balaban J connectivity index is 1.51. The lowest BCUT2D eigenvalue weighted by molar-refractivity contribution is 0.102. The summed E-state index contributed by atoms with van der Waals surface area (Å²) in [6, 6.07) is 21.9. The summed E-state index contributed by atoms with van der Waals surface area (Å²) in [5, 5.41) is 5.70. The van der Waals surface area contributed by atoms with Gasteiger partial charge in [0, 0.05) is 34.2 Å². The Bertz CT molecular complexity index is 1210. The first kappa shape index (κ1) is 20.3. The van der Waals surface area contributed by atoms with Crippen LogP contribution >= 0.6 is 11.3 Å². The highest BCUT2D eigenvalue weighted by Crippen LogP contribution is 2.36. The minimum absolute atomic E-state index is 0.252. The molecule has 4 rings (SSSR count). The molecule has 0 aliphatic heterocycles. The standard InChI is InChI=1S/C24H19N3O3S/c1-30-20-15-21(16-6-3-2-4-7-16)31-22(20)24(29)27-19-9-5-8-18(14-19)26-23(28)17-10-12-25-13-11-17/h2-15H,1H3,(H,26,28)(H,27,29). The summed E-state index contributed by atoms with van der Waals surface area (Å²) in [7, 11) is 1.54. The Morgan fingerprint density at radius 3 is 2.19 bits per heavy atom. The Hall–Kier alpha value is -3.97. The van der Waals surface area contributed by atoms with E-state index in [0.29, 0.717) is 27.6 Å². The maximum Gasteiger partial charge on any atom is 0.269 e. The van der Waals surface area contributed by atoms with Gasteiger partial charge in [0.05, 0.1) is 7.11 Å². The molecule has 2 aromatic heterocycles. The number of aromatic nitrogens is 1. The largest absolute Gasteiger partial charge is 0.495 e. The number of nitrogens with zero attached hydrogens (tertiary/aromatic N) is 1. The van der Waals surface area contributed by atoms with E-state index in [-0.39, 0.29) is 11.8 Å². The molecule has 0 unspecified atom stereocenters. The maximum atomic E-state index is 12.9. The Morgan fingerprint density at radius 2 is 1.52 bits per heavy atom. The number of benzene rings is 2. The summed E-state index contributed by atoms with van der Waals surface area (Å²) in [6.45, 7) is 0. The fourth-order valence-corrected chi connectivity index (χ4v) is 4.02. The van der Waals surface area contributed by atoms with Crippen molar-refractivity contribution in [3.63, 3.8) is 0 Å². The summed E-state index contributed by atoms with van der Waals surface area (Å²) in [5.74, 6) is -0.0107. The molecule has 154 valence electrons. The number of ether oxygens (including phenoxy) is 1. The quantitative estimate of drug-likeness (QED) is 0.435. The van der Waals surface area contributed by atoms with E-state index in [1.165, 1.54) is 11.3 Å². The van der Waals surface area contributed by atoms with Gasteiger partial charge in [-0.25, -0.2) is 0 Å². The van der Waals surface area contributed by atoms with Gasteiger partial charge in [0.1, 0.15) is 10.6 Å². The minimum Gasteiger partial charge on any atom is -0.495 e. The fraction of sp³-hybridized carbons (Fsp3) is 0.0417. The van der Waals surface area contributed by atoms with Crippen LogP contribution < -0.4 is 15.4 Å². The van der Waals surface area contributed by atoms with Crippen molar-refractivity contribution in [1.29, 1.82) is 0 Å². The number of carbonyl (C=O) groups excluding carboxylic acids is 2. The van der Waals surface area contributed by atoms with Gasteiger partial charge in [-0.05, 0) is 42.0 Å². The van der Waals surface area contributed by atoms with Crippen LogP contribution in [0, 0.1) is 0 Å². The van der Waals surface area contributed by atoms with E-state index in [0.717, 1.165) is 10.4 Å². The molecule has 31 heavy (non-hydrogen) atoms. The second-order valence-corrected chi connectivity index (χ2v) is 7.65. The van der Waals surface area contributed by atoms with Crippen molar-refractivity contribution >= 4 is 34.5 Å². The number of pyridine rings is 1. The monoisotopic (exact) mass is 429 g/mol. The van der Waals surface area contributed by atoms with E-state index in [9.17, 15) is 9.59 Å². The van der Waals surface area contributed by atoms with Gasteiger partial charge in [-0.3, -0.25) is 14.6 Å². The van der Waals surface area contributed by atoms with Crippen molar-refractivity contribution in [2.24, 2.45) is 0 Å². The zero-order chi connectivity index (χ0) is 21.6. The van der Waals surface area contributed by atoms with E-state index in [4.69, 9.17) is 4.74 Å². The molecule has 7 heteroatoms. The molecule has 0 aliphatic rings. The fourth-order valence-electron chi connectivity index (χ4n) is 3.00. The molecule has 4 aromatic rings. The van der Waals surface area contributed by atoms with Crippen LogP contribution in [0.5, 0.6) is 5.75 Å². The molecule has 2 amide bonds. The Morgan fingerprint density at radius 1 is 0.839 bits per heavy atom. The number of hydrogen-bond donors (Lipinski definition) is 2. The Labute approximate surface area is 183 Å². The maximum absolute atomic E-state index is 12.9. The van der Waals surface area contributed by atoms with Crippen LogP contribution in [-0.4, -0.2) is 23.9 Å². The van der Waals surface area contributed by atoms with E-state index >= 15 is 0 Å². The third-order valence-corrected chi connectivity index (χ3v) is 5.67. The first-order valence-corrected chi connectivity index (χ1v) is 10.3. The van der Waals surface area contributed by atoms with Crippen LogP contribution in [0.2, 0.25) is 0 Å². The van der Waals surface area contributed by atoms with E-state index in [2.05, 4.69) is 15.6 Å². The van der Waals surface area contributed by atoms with Gasteiger partial charge in [0.15, 0.2) is 0 Å². The van der Waals surface area contributed by atoms with Crippen LogP contribution in [0.25, 0.3) is 10.4 Å². The van der Waals surface area contributed by atoms with Gasteiger partial charge in [0.25, 0.3) is 11.8 Å². The molecule has 0 aliphatic carbocycles. The lowest BCUT2D eigenvalue weighted by Crippen LogP contribution is -2.13. The summed E-state index contributed by atoms with van der Waals surface area (Å²) < 4.78 is 5.42. The summed E-state index contributed by atoms with van der Waals surface area (Å²) >= 11 is 1.36. The van der Waals surface area contributed by atoms with Crippen molar-refractivity contribution in [2.45, 2.75) is 0 Å². The van der Waals surface area contributed by atoms with Crippen molar-refractivity contribution in [1.82, 2.24) is 4.98 Å². The number of hydrogen-bond acceptors (Lipinski definition) is 5. The highest BCUT2D eigenvalue weighted by Gasteiger charge is 2.18. The van der Waals surface area contributed by atoms with Crippen molar-refractivity contribution in [2.75, 3.05) is 17.7 Å². The van der Waals surface area contributed by atoms with Crippen molar-refractivity contribution in [3.8, 4) is 16.2 Å². The number of thiophene rings is 1. The predicted octanol–water partition coefficient (Wildman–Crippen LogP) is 5.32. The molecule has 0 radical (unpaired) electrons. The number of methoxy groups -OCH3 is 1. The van der Waals surface area contributed by atoms with Gasteiger partial charge < -0.3 is 15.4 Å². The number of nitrogens with one attached hydrogen (secondary N) is 2. The van der Waals surface area contributed by atoms with Crippen LogP contribution in [0.4, 0.5) is 11.4 Å². The van der Waals surface area contributed by atoms with Crippen molar-refractivity contribution in [3.05, 3.63) is 95.6 Å². The van der Waals surface area contributed by atoms with Crippen LogP contribution in [-0.2, 0) is 0 Å². The first-order valence-electron chi connectivity index (χ1n) is 9.50. The molecule has 6 nitrogen and oxygen atoms in total. The number of carbonyl (C=O) groups is 2. The Kier molecular flexibility index (Phi) is 6.05. The van der Waals surface area contributed by atoms with Gasteiger partial charge in [0.2, 0.25) is 0 Å². The topological polar surface area (TPSA) is 80.3 Å². The van der Waals surface area contributed by atoms with Gasteiger partial charge in [-0.2, -0.15) is 0 Å². The second kappa shape index (κ2) is 9.23. The van der Waals surface area contributed by atoms with Crippen LogP contribution in [0.3, 0.4) is 0 Å². The SMILES string of the molecule is COc1cc(-c2ccccc2)sc1C(=O)Nc1cccc(NC(=O)c2ccncc2)c1. The van der Waals surface area contributed by atoms with Gasteiger partial charge >= 0.3 is 0 Å². The van der Waals surface area contributed by atoms with Crippen LogP contribution in [0.15, 0.2) is 85.2 Å². The molecular weight excluding hydrogens is 410 g/mol. The summed E-state index contributed by atoms with van der Waals surface area (Å²) in [4.78, 5) is 30.6. The van der Waals surface area contributed by atoms with E-state index < -0.39 is 0 Å². The van der Waals surface area contributed by atoms with Crippen molar-refractivity contribution < 1.29 is 14.3 Å². The molecule has 0 fully saturated rings.